The first kappa shape index (κ1) is 25.2. The number of rotatable bonds is 3. The van der Waals surface area contributed by atoms with Crippen molar-refractivity contribution in [3.05, 3.63) is 29.5 Å². The van der Waals surface area contributed by atoms with Gasteiger partial charge in [0, 0.05) is 45.0 Å². The van der Waals surface area contributed by atoms with Gasteiger partial charge in [0.05, 0.1) is 23.0 Å². The molecular formula is C27H35N5O5. The maximum Gasteiger partial charge on any atom is 0.410 e. The van der Waals surface area contributed by atoms with Gasteiger partial charge in [0.15, 0.2) is 0 Å². The third-order valence-corrected chi connectivity index (χ3v) is 7.63. The molecule has 0 radical (unpaired) electrons. The maximum absolute atomic E-state index is 13.0. The van der Waals surface area contributed by atoms with Crippen LogP contribution < -0.4 is 5.32 Å². The van der Waals surface area contributed by atoms with Crippen molar-refractivity contribution in [3.63, 3.8) is 0 Å². The average Bonchev–Trinajstić information content (AvgIpc) is 3.12. The molecule has 5 rings (SSSR count). The number of nitrogens with zero attached hydrogens (tertiary/aromatic N) is 4. The van der Waals surface area contributed by atoms with E-state index in [0.29, 0.717) is 44.9 Å². The summed E-state index contributed by atoms with van der Waals surface area (Å²) in [5.41, 5.74) is 2.35. The monoisotopic (exact) mass is 509 g/mol. The van der Waals surface area contributed by atoms with Crippen LogP contribution in [0.15, 0.2) is 18.2 Å². The van der Waals surface area contributed by atoms with Gasteiger partial charge in [-0.15, -0.1) is 0 Å². The highest BCUT2D eigenvalue weighted by Gasteiger charge is 2.40. The SMILES string of the molecule is Cn1nc(C2CCC(=O)NC2=O)c2ccc(C3CCN(C(=O)C4CN(C(=O)OC(C)(C)C)C4)CC3)cc21. The minimum Gasteiger partial charge on any atom is -0.444 e. The summed E-state index contributed by atoms with van der Waals surface area (Å²) in [6.07, 6.45) is 2.18. The summed E-state index contributed by atoms with van der Waals surface area (Å²) < 4.78 is 7.19. The molecule has 10 heteroatoms. The number of piperidine rings is 2. The van der Waals surface area contributed by atoms with E-state index in [1.165, 1.54) is 5.56 Å². The summed E-state index contributed by atoms with van der Waals surface area (Å²) in [7, 11) is 1.88. The number of carbonyl (C=O) groups excluding carboxylic acids is 4. The highest BCUT2D eigenvalue weighted by Crippen LogP contribution is 2.35. The van der Waals surface area contributed by atoms with Crippen LogP contribution in [-0.2, 0) is 26.2 Å². The minimum atomic E-state index is -0.543. The Kier molecular flexibility index (Phi) is 6.45. The maximum atomic E-state index is 13.0. The van der Waals surface area contributed by atoms with E-state index in [0.717, 1.165) is 29.4 Å². The number of nitrogens with one attached hydrogen (secondary N) is 1. The fourth-order valence-electron chi connectivity index (χ4n) is 5.57. The summed E-state index contributed by atoms with van der Waals surface area (Å²) in [4.78, 5) is 52.6. The van der Waals surface area contributed by atoms with E-state index in [1.807, 2.05) is 43.5 Å². The van der Waals surface area contributed by atoms with Crippen LogP contribution in [0.3, 0.4) is 0 Å². The summed E-state index contributed by atoms with van der Waals surface area (Å²) in [6, 6.07) is 6.28. The van der Waals surface area contributed by atoms with Gasteiger partial charge in [-0.25, -0.2) is 4.79 Å². The number of aryl methyl sites for hydroxylation is 1. The zero-order valence-corrected chi connectivity index (χ0v) is 22.0. The fourth-order valence-corrected chi connectivity index (χ4v) is 5.57. The molecule has 1 aromatic carbocycles. The van der Waals surface area contributed by atoms with Crippen LogP contribution in [0.1, 0.15) is 69.5 Å². The molecule has 2 aromatic rings. The molecule has 198 valence electrons. The second-order valence-electron chi connectivity index (χ2n) is 11.5. The van der Waals surface area contributed by atoms with E-state index in [4.69, 9.17) is 4.74 Å². The Balaban J connectivity index is 1.19. The van der Waals surface area contributed by atoms with Crippen LogP contribution in [0.4, 0.5) is 4.79 Å². The highest BCUT2D eigenvalue weighted by molar-refractivity contribution is 6.02. The lowest BCUT2D eigenvalue weighted by Gasteiger charge is -2.42. The molecule has 0 saturated carbocycles. The van der Waals surface area contributed by atoms with Gasteiger partial charge in [0.2, 0.25) is 17.7 Å². The Morgan fingerprint density at radius 3 is 2.41 bits per heavy atom. The molecule has 3 aliphatic heterocycles. The lowest BCUT2D eigenvalue weighted by atomic mass is 9.87. The molecule has 1 aromatic heterocycles. The van der Waals surface area contributed by atoms with Gasteiger partial charge < -0.3 is 14.5 Å². The van der Waals surface area contributed by atoms with Crippen molar-refractivity contribution < 1.29 is 23.9 Å². The van der Waals surface area contributed by atoms with Crippen molar-refractivity contribution >= 4 is 34.7 Å². The van der Waals surface area contributed by atoms with Crippen molar-refractivity contribution in [3.8, 4) is 0 Å². The number of carbonyl (C=O) groups is 4. The second-order valence-corrected chi connectivity index (χ2v) is 11.5. The van der Waals surface area contributed by atoms with Gasteiger partial charge in [0.1, 0.15) is 5.60 Å². The normalized spacial score (nSPS) is 21.7. The van der Waals surface area contributed by atoms with Crippen LogP contribution >= 0.6 is 0 Å². The van der Waals surface area contributed by atoms with Crippen molar-refractivity contribution in [1.29, 1.82) is 0 Å². The molecule has 0 aliphatic carbocycles. The van der Waals surface area contributed by atoms with Crippen LogP contribution in [0.25, 0.3) is 10.9 Å². The third-order valence-electron chi connectivity index (χ3n) is 7.63. The van der Waals surface area contributed by atoms with Crippen molar-refractivity contribution in [2.24, 2.45) is 13.0 Å². The topological polar surface area (TPSA) is 114 Å². The van der Waals surface area contributed by atoms with Gasteiger partial charge in [-0.1, -0.05) is 12.1 Å². The first-order valence-corrected chi connectivity index (χ1v) is 13.1. The highest BCUT2D eigenvalue weighted by atomic mass is 16.6. The van der Waals surface area contributed by atoms with Gasteiger partial charge >= 0.3 is 6.09 Å². The van der Waals surface area contributed by atoms with E-state index in [1.54, 1.807) is 4.90 Å². The van der Waals surface area contributed by atoms with Crippen molar-refractivity contribution in [2.75, 3.05) is 26.2 Å². The number of hydrogen-bond acceptors (Lipinski definition) is 6. The molecule has 37 heavy (non-hydrogen) atoms. The molecule has 3 fully saturated rings. The fraction of sp³-hybridized carbons (Fsp3) is 0.593. The van der Waals surface area contributed by atoms with Gasteiger partial charge in [-0.2, -0.15) is 5.10 Å². The molecule has 1 unspecified atom stereocenters. The predicted molar refractivity (Wildman–Crippen MR) is 136 cm³/mol. The number of aromatic nitrogens is 2. The molecule has 0 bridgehead atoms. The Hall–Kier alpha value is -3.43. The summed E-state index contributed by atoms with van der Waals surface area (Å²) in [5.74, 6) is -0.625. The summed E-state index contributed by atoms with van der Waals surface area (Å²) in [6.45, 7) is 7.72. The summed E-state index contributed by atoms with van der Waals surface area (Å²) >= 11 is 0. The Morgan fingerprint density at radius 2 is 1.76 bits per heavy atom. The molecule has 1 N–H and O–H groups in total. The first-order valence-electron chi connectivity index (χ1n) is 13.1. The van der Waals surface area contributed by atoms with Gasteiger partial charge in [0.25, 0.3) is 0 Å². The summed E-state index contributed by atoms with van der Waals surface area (Å²) in [5, 5.41) is 8.00. The van der Waals surface area contributed by atoms with Crippen LogP contribution in [0, 0.1) is 5.92 Å². The van der Waals surface area contributed by atoms with Crippen molar-refractivity contribution in [1.82, 2.24) is 24.9 Å². The third kappa shape index (κ3) is 5.06. The second kappa shape index (κ2) is 9.46. The van der Waals surface area contributed by atoms with E-state index < -0.39 is 11.5 Å². The Bertz CT molecular complexity index is 1250. The van der Waals surface area contributed by atoms with Crippen LogP contribution in [0.2, 0.25) is 0 Å². The van der Waals surface area contributed by atoms with E-state index in [-0.39, 0.29) is 29.7 Å². The average molecular weight is 510 g/mol. The molecular weight excluding hydrogens is 474 g/mol. The van der Waals surface area contributed by atoms with Gasteiger partial charge in [-0.05, 0) is 57.6 Å². The number of ether oxygens (including phenoxy) is 1. The molecule has 4 amide bonds. The van der Waals surface area contributed by atoms with E-state index >= 15 is 0 Å². The quantitative estimate of drug-likeness (QED) is 0.637. The van der Waals surface area contributed by atoms with Crippen LogP contribution in [0.5, 0.6) is 0 Å². The number of hydrogen-bond donors (Lipinski definition) is 1. The lowest BCUT2D eigenvalue weighted by Crippen LogP contribution is -2.58. The molecule has 1 atom stereocenters. The molecule has 0 spiro atoms. The number of benzene rings is 1. The number of amides is 4. The molecule has 3 aliphatic rings. The predicted octanol–water partition coefficient (Wildman–Crippen LogP) is 2.67. The molecule has 4 heterocycles. The number of fused-ring (bicyclic) bond motifs is 1. The smallest absolute Gasteiger partial charge is 0.410 e. The minimum absolute atomic E-state index is 0.120. The first-order chi connectivity index (χ1) is 17.5. The number of imide groups is 1. The van der Waals surface area contributed by atoms with Crippen LogP contribution in [-0.4, -0.2) is 75.2 Å². The lowest BCUT2D eigenvalue weighted by molar-refractivity contribution is -0.141. The zero-order chi connectivity index (χ0) is 26.5. The standard InChI is InChI=1S/C27H35N5O5/c1-27(2,3)37-26(36)32-14-18(15-32)25(35)31-11-9-16(10-12-31)17-5-6-19-21(13-17)30(4)29-23(19)20-7-8-22(33)28-24(20)34/h5-6,13,16,18,20H,7-12,14-15H2,1-4H3,(H,28,33,34). The molecule has 3 saturated heterocycles. The zero-order valence-electron chi connectivity index (χ0n) is 22.0. The van der Waals surface area contributed by atoms with E-state index in [9.17, 15) is 19.2 Å². The van der Waals surface area contributed by atoms with E-state index in [2.05, 4.69) is 22.5 Å². The Labute approximate surface area is 216 Å². The largest absolute Gasteiger partial charge is 0.444 e. The Morgan fingerprint density at radius 1 is 1.05 bits per heavy atom. The molecule has 10 nitrogen and oxygen atoms in total. The van der Waals surface area contributed by atoms with Crippen molar-refractivity contribution in [2.45, 2.75) is 63.9 Å². The van der Waals surface area contributed by atoms with Gasteiger partial charge in [-0.3, -0.25) is 24.4 Å². The number of likely N-dealkylation sites (tertiary alicyclic amines) is 2.